The molecule has 0 saturated carbocycles. The molecule has 2 rings (SSSR count). The maximum atomic E-state index is 12.4. The van der Waals surface area contributed by atoms with E-state index in [1.165, 1.54) is 11.1 Å². The summed E-state index contributed by atoms with van der Waals surface area (Å²) >= 11 is 0. The standard InChI is InChI=1S/C13H16N4O3/c1-8-12(19)15-11(18)7-17(8)13(20)9-4-5-14-10(6-9)16(2)3/h4-6,8H,7H2,1-3H3,(H,15,18,19). The molecule has 0 aliphatic carbocycles. The molecule has 1 aliphatic rings. The zero-order chi connectivity index (χ0) is 14.9. The maximum absolute atomic E-state index is 12.4. The van der Waals surface area contributed by atoms with Crippen LogP contribution in [0.2, 0.25) is 0 Å². The number of imide groups is 1. The van der Waals surface area contributed by atoms with E-state index >= 15 is 0 Å². The quantitative estimate of drug-likeness (QED) is 0.746. The van der Waals surface area contributed by atoms with Gasteiger partial charge in [-0.3, -0.25) is 19.7 Å². The van der Waals surface area contributed by atoms with E-state index in [0.29, 0.717) is 11.4 Å². The summed E-state index contributed by atoms with van der Waals surface area (Å²) in [6.07, 6.45) is 1.53. The van der Waals surface area contributed by atoms with E-state index in [4.69, 9.17) is 0 Å². The van der Waals surface area contributed by atoms with Crippen molar-refractivity contribution < 1.29 is 14.4 Å². The molecule has 106 valence electrons. The molecule has 1 saturated heterocycles. The lowest BCUT2D eigenvalue weighted by molar-refractivity contribution is -0.138. The molecule has 0 radical (unpaired) electrons. The van der Waals surface area contributed by atoms with E-state index in [2.05, 4.69) is 10.3 Å². The number of amides is 3. The summed E-state index contributed by atoms with van der Waals surface area (Å²) in [6.45, 7) is 1.47. The van der Waals surface area contributed by atoms with Crippen LogP contribution in [0.3, 0.4) is 0 Å². The Labute approximate surface area is 116 Å². The van der Waals surface area contributed by atoms with Gasteiger partial charge >= 0.3 is 0 Å². The smallest absolute Gasteiger partial charge is 0.255 e. The van der Waals surface area contributed by atoms with E-state index in [-0.39, 0.29) is 12.5 Å². The van der Waals surface area contributed by atoms with E-state index < -0.39 is 17.9 Å². The lowest BCUT2D eigenvalue weighted by Crippen LogP contribution is -2.58. The zero-order valence-electron chi connectivity index (χ0n) is 11.6. The van der Waals surface area contributed by atoms with Gasteiger partial charge in [-0.2, -0.15) is 0 Å². The predicted octanol–water partition coefficient (Wildman–Crippen LogP) is -0.365. The third kappa shape index (κ3) is 2.61. The van der Waals surface area contributed by atoms with Crippen molar-refractivity contribution in [3.05, 3.63) is 23.9 Å². The Balaban J connectivity index is 2.28. The van der Waals surface area contributed by atoms with Crippen LogP contribution in [0.25, 0.3) is 0 Å². The molecule has 3 amide bonds. The first-order valence-electron chi connectivity index (χ1n) is 6.18. The highest BCUT2D eigenvalue weighted by Gasteiger charge is 2.34. The zero-order valence-corrected chi connectivity index (χ0v) is 11.6. The van der Waals surface area contributed by atoms with Crippen LogP contribution in [-0.4, -0.2) is 54.3 Å². The second kappa shape index (κ2) is 5.28. The molecule has 0 aromatic carbocycles. The first-order chi connectivity index (χ1) is 9.40. The van der Waals surface area contributed by atoms with E-state index in [1.807, 2.05) is 14.1 Å². The van der Waals surface area contributed by atoms with Crippen molar-refractivity contribution in [2.75, 3.05) is 25.5 Å². The van der Waals surface area contributed by atoms with Crippen LogP contribution in [0.1, 0.15) is 17.3 Å². The number of carbonyl (C=O) groups excluding carboxylic acids is 3. The van der Waals surface area contributed by atoms with E-state index in [1.54, 1.807) is 24.0 Å². The number of anilines is 1. The van der Waals surface area contributed by atoms with Crippen LogP contribution < -0.4 is 10.2 Å². The minimum absolute atomic E-state index is 0.120. The highest BCUT2D eigenvalue weighted by Crippen LogP contribution is 2.15. The van der Waals surface area contributed by atoms with Crippen LogP contribution in [0.5, 0.6) is 0 Å². The topological polar surface area (TPSA) is 82.6 Å². The predicted molar refractivity (Wildman–Crippen MR) is 72.2 cm³/mol. The largest absolute Gasteiger partial charge is 0.363 e. The Morgan fingerprint density at radius 1 is 1.45 bits per heavy atom. The fourth-order valence-corrected chi connectivity index (χ4v) is 1.92. The summed E-state index contributed by atoms with van der Waals surface area (Å²) < 4.78 is 0. The molecular formula is C13H16N4O3. The minimum Gasteiger partial charge on any atom is -0.363 e. The molecule has 1 atom stereocenters. The first kappa shape index (κ1) is 14.0. The number of aromatic nitrogens is 1. The van der Waals surface area contributed by atoms with Gasteiger partial charge in [0.1, 0.15) is 18.4 Å². The summed E-state index contributed by atoms with van der Waals surface area (Å²) in [5.41, 5.74) is 0.401. The summed E-state index contributed by atoms with van der Waals surface area (Å²) in [5.74, 6) is -0.651. The SMILES string of the molecule is CC1C(=O)NC(=O)CN1C(=O)c1ccnc(N(C)C)c1. The molecule has 2 heterocycles. The number of hydrogen-bond acceptors (Lipinski definition) is 5. The van der Waals surface area contributed by atoms with E-state index in [9.17, 15) is 14.4 Å². The van der Waals surface area contributed by atoms with Gasteiger partial charge in [-0.1, -0.05) is 0 Å². The van der Waals surface area contributed by atoms with Crippen molar-refractivity contribution in [3.8, 4) is 0 Å². The van der Waals surface area contributed by atoms with Gasteiger partial charge in [0.05, 0.1) is 0 Å². The van der Waals surface area contributed by atoms with Gasteiger partial charge in [0, 0.05) is 25.9 Å². The van der Waals surface area contributed by atoms with Gasteiger partial charge in [0.25, 0.3) is 5.91 Å². The molecule has 0 spiro atoms. The second-order valence-corrected chi connectivity index (χ2v) is 4.82. The lowest BCUT2D eigenvalue weighted by Gasteiger charge is -2.31. The molecular weight excluding hydrogens is 260 g/mol. The number of rotatable bonds is 2. The fourth-order valence-electron chi connectivity index (χ4n) is 1.92. The lowest BCUT2D eigenvalue weighted by atomic mass is 10.1. The Kier molecular flexibility index (Phi) is 3.69. The number of carbonyl (C=O) groups is 3. The summed E-state index contributed by atoms with van der Waals surface area (Å²) in [7, 11) is 3.63. The Morgan fingerprint density at radius 2 is 2.15 bits per heavy atom. The number of nitrogens with one attached hydrogen (secondary N) is 1. The minimum atomic E-state index is -0.670. The molecule has 1 N–H and O–H groups in total. The van der Waals surface area contributed by atoms with Crippen molar-refractivity contribution in [1.29, 1.82) is 0 Å². The van der Waals surface area contributed by atoms with Gasteiger partial charge in [-0.15, -0.1) is 0 Å². The number of nitrogens with zero attached hydrogens (tertiary/aromatic N) is 3. The van der Waals surface area contributed by atoms with Crippen molar-refractivity contribution in [2.24, 2.45) is 0 Å². The monoisotopic (exact) mass is 276 g/mol. The van der Waals surface area contributed by atoms with Crippen molar-refractivity contribution in [3.63, 3.8) is 0 Å². The first-order valence-corrected chi connectivity index (χ1v) is 6.18. The van der Waals surface area contributed by atoms with Crippen LogP contribution in [-0.2, 0) is 9.59 Å². The molecule has 20 heavy (non-hydrogen) atoms. The summed E-state index contributed by atoms with van der Waals surface area (Å²) in [4.78, 5) is 42.6. The molecule has 0 bridgehead atoms. The maximum Gasteiger partial charge on any atom is 0.255 e. The Bertz CT molecular complexity index is 570. The highest BCUT2D eigenvalue weighted by atomic mass is 16.2. The van der Waals surface area contributed by atoms with Crippen LogP contribution >= 0.6 is 0 Å². The molecule has 7 nitrogen and oxygen atoms in total. The van der Waals surface area contributed by atoms with Gasteiger partial charge in [-0.05, 0) is 19.1 Å². The van der Waals surface area contributed by atoms with Gasteiger partial charge in [0.2, 0.25) is 11.8 Å². The van der Waals surface area contributed by atoms with Crippen molar-refractivity contribution >= 4 is 23.5 Å². The van der Waals surface area contributed by atoms with Crippen LogP contribution in [0.15, 0.2) is 18.3 Å². The Morgan fingerprint density at radius 3 is 2.80 bits per heavy atom. The van der Waals surface area contributed by atoms with Crippen LogP contribution in [0, 0.1) is 0 Å². The Hall–Kier alpha value is -2.44. The third-order valence-corrected chi connectivity index (χ3v) is 3.14. The number of piperazine rings is 1. The average Bonchev–Trinajstić information content (AvgIpc) is 2.42. The second-order valence-electron chi connectivity index (χ2n) is 4.82. The number of pyridine rings is 1. The van der Waals surface area contributed by atoms with E-state index in [0.717, 1.165) is 0 Å². The fraction of sp³-hybridized carbons (Fsp3) is 0.385. The molecule has 1 unspecified atom stereocenters. The number of hydrogen-bond donors (Lipinski definition) is 1. The molecule has 7 heteroatoms. The molecule has 1 fully saturated rings. The summed E-state index contributed by atoms with van der Waals surface area (Å²) in [6, 6.07) is 2.53. The van der Waals surface area contributed by atoms with Crippen molar-refractivity contribution in [2.45, 2.75) is 13.0 Å². The average molecular weight is 276 g/mol. The molecule has 1 aromatic heterocycles. The van der Waals surface area contributed by atoms with Crippen molar-refractivity contribution in [1.82, 2.24) is 15.2 Å². The van der Waals surface area contributed by atoms with Crippen LogP contribution in [0.4, 0.5) is 5.82 Å². The normalized spacial score (nSPS) is 18.8. The summed E-state index contributed by atoms with van der Waals surface area (Å²) in [5, 5.41) is 2.20. The molecule has 1 aromatic rings. The van der Waals surface area contributed by atoms with Gasteiger partial charge in [0.15, 0.2) is 0 Å². The highest BCUT2D eigenvalue weighted by molar-refractivity contribution is 6.07. The molecule has 1 aliphatic heterocycles. The van der Waals surface area contributed by atoms with Gasteiger partial charge in [-0.25, -0.2) is 4.98 Å². The third-order valence-electron chi connectivity index (χ3n) is 3.14. The van der Waals surface area contributed by atoms with Gasteiger partial charge < -0.3 is 9.80 Å².